The van der Waals surface area contributed by atoms with Gasteiger partial charge in [0.15, 0.2) is 0 Å². The minimum atomic E-state index is 0.721. The number of benzene rings is 1. The third-order valence-electron chi connectivity index (χ3n) is 3.34. The fourth-order valence-corrected chi connectivity index (χ4v) is 3.10. The van der Waals surface area contributed by atoms with Crippen molar-refractivity contribution >= 4 is 11.3 Å². The molecule has 102 valence electrons. The van der Waals surface area contributed by atoms with Crippen molar-refractivity contribution in [1.29, 1.82) is 0 Å². The molecule has 0 saturated carbocycles. The highest BCUT2D eigenvalue weighted by atomic mass is 32.1. The number of aryl methyl sites for hydroxylation is 1. The zero-order chi connectivity index (χ0) is 13.5. The normalized spacial score (nSPS) is 11.1. The van der Waals surface area contributed by atoms with E-state index in [9.17, 15) is 0 Å². The molecule has 0 aliphatic rings. The Bertz CT molecular complexity index is 479. The first-order chi connectivity index (χ1) is 9.29. The number of nitrogens with zero attached hydrogens (tertiary/aromatic N) is 1. The van der Waals surface area contributed by atoms with Crippen LogP contribution in [-0.2, 0) is 13.0 Å². The van der Waals surface area contributed by atoms with E-state index in [0.717, 1.165) is 32.6 Å². The van der Waals surface area contributed by atoms with Crippen LogP contribution in [0.1, 0.15) is 16.0 Å². The van der Waals surface area contributed by atoms with Gasteiger partial charge in [-0.1, -0.05) is 30.3 Å². The molecular weight excluding hydrogens is 252 g/mol. The van der Waals surface area contributed by atoms with Gasteiger partial charge in [-0.2, -0.15) is 0 Å². The van der Waals surface area contributed by atoms with E-state index in [4.69, 9.17) is 5.73 Å². The van der Waals surface area contributed by atoms with E-state index in [2.05, 4.69) is 53.6 Å². The van der Waals surface area contributed by atoms with Gasteiger partial charge >= 0.3 is 0 Å². The first-order valence-electron chi connectivity index (χ1n) is 6.79. The smallest absolute Gasteiger partial charge is 0.0331 e. The highest BCUT2D eigenvalue weighted by Crippen LogP contribution is 2.17. The second-order valence-electron chi connectivity index (χ2n) is 4.83. The molecule has 1 heterocycles. The van der Waals surface area contributed by atoms with Crippen LogP contribution in [0.2, 0.25) is 0 Å². The molecular formula is C16H22N2S. The van der Waals surface area contributed by atoms with Crippen LogP contribution in [0.25, 0.3) is 0 Å². The summed E-state index contributed by atoms with van der Waals surface area (Å²) in [5.74, 6) is 0. The molecule has 0 spiro atoms. The van der Waals surface area contributed by atoms with Gasteiger partial charge in [-0.25, -0.2) is 0 Å². The lowest BCUT2D eigenvalue weighted by Gasteiger charge is -2.21. The summed E-state index contributed by atoms with van der Waals surface area (Å²) >= 11 is 1.84. The predicted molar refractivity (Wildman–Crippen MR) is 83.5 cm³/mol. The molecule has 1 aromatic heterocycles. The van der Waals surface area contributed by atoms with E-state index in [1.165, 1.54) is 16.0 Å². The van der Waals surface area contributed by atoms with Gasteiger partial charge in [-0.05, 0) is 35.9 Å². The van der Waals surface area contributed by atoms with Gasteiger partial charge in [0.2, 0.25) is 0 Å². The molecule has 3 heteroatoms. The Labute approximate surface area is 119 Å². The SMILES string of the molecule is Cc1ccsc1CN(CCN)CCc1ccccc1. The molecule has 2 aromatic rings. The maximum absolute atomic E-state index is 5.73. The minimum absolute atomic E-state index is 0.721. The van der Waals surface area contributed by atoms with Crippen LogP contribution in [0.15, 0.2) is 41.8 Å². The van der Waals surface area contributed by atoms with Crippen molar-refractivity contribution in [3.05, 3.63) is 57.8 Å². The third-order valence-corrected chi connectivity index (χ3v) is 4.35. The Morgan fingerprint density at radius 3 is 2.53 bits per heavy atom. The highest BCUT2D eigenvalue weighted by Gasteiger charge is 2.08. The molecule has 0 radical (unpaired) electrons. The maximum atomic E-state index is 5.73. The molecule has 0 saturated heterocycles. The first-order valence-corrected chi connectivity index (χ1v) is 7.67. The Morgan fingerprint density at radius 1 is 1.11 bits per heavy atom. The van der Waals surface area contributed by atoms with Crippen molar-refractivity contribution < 1.29 is 0 Å². The Balaban J connectivity index is 1.91. The number of rotatable bonds is 7. The van der Waals surface area contributed by atoms with E-state index in [1.807, 2.05) is 11.3 Å². The van der Waals surface area contributed by atoms with Crippen LogP contribution in [0.5, 0.6) is 0 Å². The van der Waals surface area contributed by atoms with E-state index < -0.39 is 0 Å². The molecule has 0 aliphatic carbocycles. The lowest BCUT2D eigenvalue weighted by atomic mass is 10.1. The van der Waals surface area contributed by atoms with Gasteiger partial charge in [0, 0.05) is 31.1 Å². The number of hydrogen-bond donors (Lipinski definition) is 1. The molecule has 2 rings (SSSR count). The molecule has 2 N–H and O–H groups in total. The Morgan fingerprint density at radius 2 is 1.89 bits per heavy atom. The van der Waals surface area contributed by atoms with Crippen molar-refractivity contribution in [1.82, 2.24) is 4.90 Å². The van der Waals surface area contributed by atoms with Crippen LogP contribution < -0.4 is 5.73 Å². The fourth-order valence-electron chi connectivity index (χ4n) is 2.15. The summed E-state index contributed by atoms with van der Waals surface area (Å²) < 4.78 is 0. The summed E-state index contributed by atoms with van der Waals surface area (Å²) in [7, 11) is 0. The summed E-state index contributed by atoms with van der Waals surface area (Å²) in [6.45, 7) is 5.96. The molecule has 0 amide bonds. The van der Waals surface area contributed by atoms with Crippen molar-refractivity contribution in [3.8, 4) is 0 Å². The highest BCUT2D eigenvalue weighted by molar-refractivity contribution is 7.10. The van der Waals surface area contributed by atoms with Gasteiger partial charge in [0.05, 0.1) is 0 Å². The number of nitrogens with two attached hydrogens (primary N) is 1. The van der Waals surface area contributed by atoms with Gasteiger partial charge in [-0.15, -0.1) is 11.3 Å². The molecule has 1 aromatic carbocycles. The molecule has 0 atom stereocenters. The van der Waals surface area contributed by atoms with Crippen molar-refractivity contribution in [2.45, 2.75) is 19.9 Å². The third kappa shape index (κ3) is 4.46. The average Bonchev–Trinajstić information content (AvgIpc) is 2.83. The minimum Gasteiger partial charge on any atom is -0.329 e. The van der Waals surface area contributed by atoms with E-state index in [0.29, 0.717) is 0 Å². The Kier molecular flexibility index (Phi) is 5.58. The topological polar surface area (TPSA) is 29.3 Å². The van der Waals surface area contributed by atoms with Crippen LogP contribution >= 0.6 is 11.3 Å². The molecule has 0 fully saturated rings. The lowest BCUT2D eigenvalue weighted by Crippen LogP contribution is -2.30. The lowest BCUT2D eigenvalue weighted by molar-refractivity contribution is 0.278. The second kappa shape index (κ2) is 7.43. The fraction of sp³-hybridized carbons (Fsp3) is 0.375. The molecule has 0 unspecified atom stereocenters. The van der Waals surface area contributed by atoms with E-state index in [1.54, 1.807) is 0 Å². The summed E-state index contributed by atoms with van der Waals surface area (Å²) in [4.78, 5) is 3.91. The summed E-state index contributed by atoms with van der Waals surface area (Å²) in [6.07, 6.45) is 1.09. The van der Waals surface area contributed by atoms with Gasteiger partial charge in [0.25, 0.3) is 0 Å². The van der Waals surface area contributed by atoms with Crippen LogP contribution in [0.4, 0.5) is 0 Å². The maximum Gasteiger partial charge on any atom is 0.0331 e. The van der Waals surface area contributed by atoms with Gasteiger partial charge < -0.3 is 5.73 Å². The monoisotopic (exact) mass is 274 g/mol. The zero-order valence-electron chi connectivity index (χ0n) is 11.5. The van der Waals surface area contributed by atoms with Crippen LogP contribution in [0.3, 0.4) is 0 Å². The van der Waals surface area contributed by atoms with Gasteiger partial charge in [-0.3, -0.25) is 4.90 Å². The van der Waals surface area contributed by atoms with Crippen molar-refractivity contribution in [3.63, 3.8) is 0 Å². The zero-order valence-corrected chi connectivity index (χ0v) is 12.3. The summed E-state index contributed by atoms with van der Waals surface area (Å²) in [5.41, 5.74) is 8.52. The predicted octanol–water partition coefficient (Wildman–Crippen LogP) is 3.06. The van der Waals surface area contributed by atoms with E-state index >= 15 is 0 Å². The summed E-state index contributed by atoms with van der Waals surface area (Å²) in [5, 5.41) is 2.17. The van der Waals surface area contributed by atoms with Crippen molar-refractivity contribution in [2.24, 2.45) is 5.73 Å². The number of hydrogen-bond acceptors (Lipinski definition) is 3. The van der Waals surface area contributed by atoms with Crippen LogP contribution in [0, 0.1) is 6.92 Å². The number of thiophene rings is 1. The molecule has 0 aliphatic heterocycles. The quantitative estimate of drug-likeness (QED) is 0.841. The molecule has 19 heavy (non-hydrogen) atoms. The second-order valence-corrected chi connectivity index (χ2v) is 5.83. The first kappa shape index (κ1) is 14.3. The van der Waals surface area contributed by atoms with Gasteiger partial charge in [0.1, 0.15) is 0 Å². The van der Waals surface area contributed by atoms with E-state index in [-0.39, 0.29) is 0 Å². The molecule has 0 bridgehead atoms. The standard InChI is InChI=1S/C16H22N2S/c1-14-8-12-19-16(14)13-18(11-9-17)10-7-15-5-3-2-4-6-15/h2-6,8,12H,7,9-11,13,17H2,1H3. The Hall–Kier alpha value is -1.16. The average molecular weight is 274 g/mol. The van der Waals surface area contributed by atoms with Crippen molar-refractivity contribution in [2.75, 3.05) is 19.6 Å². The largest absolute Gasteiger partial charge is 0.329 e. The van der Waals surface area contributed by atoms with Crippen LogP contribution in [-0.4, -0.2) is 24.5 Å². The molecule has 2 nitrogen and oxygen atoms in total. The summed E-state index contributed by atoms with van der Waals surface area (Å²) in [6, 6.07) is 12.8.